The van der Waals surface area contributed by atoms with Crippen LogP contribution >= 0.6 is 0 Å². The summed E-state index contributed by atoms with van der Waals surface area (Å²) in [5.74, 6) is 2.13. The van der Waals surface area contributed by atoms with Crippen LogP contribution in [0, 0.1) is 52.3 Å². The van der Waals surface area contributed by atoms with Crippen molar-refractivity contribution in [2.75, 3.05) is 13.2 Å². The molecule has 11 atom stereocenters. The predicted molar refractivity (Wildman–Crippen MR) is 155 cm³/mol. The highest BCUT2D eigenvalue weighted by molar-refractivity contribution is 5.95. The van der Waals surface area contributed by atoms with Crippen LogP contribution in [0.2, 0.25) is 0 Å². The molecule has 0 radical (unpaired) electrons. The standard InChI is InChI=1S/C33H50N2O6/c1-5-22-26-16-21(36)10-13-33(26,4)25-11-14-32(3)23(7-8-24(32)29(25)30(22)39)19(2)12-15-41-27-9-6-20(17-34-27)31(40)35-18-28(37)38/h6,9,17,19,21-26,29-30,36,39H,5,7-8,10-16,18H2,1-4H3,(H,35,40)(H,37,38)/t19-,21-,22-,23-,24+,25+,26+,29+,30-,32-,33-/m1/s1. The van der Waals surface area contributed by atoms with Gasteiger partial charge in [-0.2, -0.15) is 0 Å². The van der Waals surface area contributed by atoms with E-state index in [1.807, 2.05) is 0 Å². The Labute approximate surface area is 244 Å². The number of aliphatic hydroxyl groups is 2. The SMILES string of the molecule is CC[C@H]1[C@@H](O)[C@@H]2[C@H](CC[C@]3(C)[C@@H]([C@H](C)CCOc4ccc(C(=O)NCC(=O)O)cn4)CC[C@@H]23)[C@@]2(C)CC[C@@H](O)C[C@@H]12. The van der Waals surface area contributed by atoms with Crippen molar-refractivity contribution in [2.24, 2.45) is 52.3 Å². The van der Waals surface area contributed by atoms with Crippen molar-refractivity contribution in [2.45, 2.75) is 97.7 Å². The van der Waals surface area contributed by atoms with Crippen LogP contribution in [0.25, 0.3) is 0 Å². The number of carbonyl (C=O) groups is 2. The molecule has 0 unspecified atom stereocenters. The minimum atomic E-state index is -1.09. The quantitative estimate of drug-likeness (QED) is 0.331. The number of hydrogen-bond donors (Lipinski definition) is 4. The molecule has 228 valence electrons. The number of rotatable bonds is 9. The second-order valence-electron chi connectivity index (χ2n) is 14.2. The van der Waals surface area contributed by atoms with Crippen LogP contribution in [0.1, 0.15) is 95.8 Å². The Balaban J connectivity index is 1.21. The van der Waals surface area contributed by atoms with Crippen LogP contribution in [0.15, 0.2) is 18.3 Å². The molecule has 0 saturated heterocycles. The van der Waals surface area contributed by atoms with Gasteiger partial charge in [-0.3, -0.25) is 9.59 Å². The van der Waals surface area contributed by atoms with E-state index in [2.05, 4.69) is 38.0 Å². The molecule has 1 heterocycles. The molecule has 8 heteroatoms. The molecular formula is C33H50N2O6. The minimum absolute atomic E-state index is 0.213. The first-order valence-electron chi connectivity index (χ1n) is 15.9. The smallest absolute Gasteiger partial charge is 0.322 e. The lowest BCUT2D eigenvalue weighted by Gasteiger charge is -2.64. The third-order valence-corrected chi connectivity index (χ3v) is 12.4. The van der Waals surface area contributed by atoms with Crippen molar-refractivity contribution in [3.05, 3.63) is 23.9 Å². The normalized spacial score (nSPS) is 40.5. The molecule has 4 aliphatic rings. The molecule has 0 aromatic carbocycles. The summed E-state index contributed by atoms with van der Waals surface area (Å²) in [6.07, 6.45) is 10.5. The number of fused-ring (bicyclic) bond motifs is 5. The largest absolute Gasteiger partial charge is 0.480 e. The molecule has 4 aliphatic carbocycles. The second kappa shape index (κ2) is 11.8. The van der Waals surface area contributed by atoms with Crippen LogP contribution in [0.5, 0.6) is 5.88 Å². The van der Waals surface area contributed by atoms with Gasteiger partial charge < -0.3 is 25.4 Å². The van der Waals surface area contributed by atoms with Gasteiger partial charge in [0, 0.05) is 12.3 Å². The van der Waals surface area contributed by atoms with Gasteiger partial charge in [-0.15, -0.1) is 0 Å². The van der Waals surface area contributed by atoms with Crippen LogP contribution in [0.4, 0.5) is 0 Å². The monoisotopic (exact) mass is 570 g/mol. The number of carboxylic acid groups (broad SMARTS) is 1. The van der Waals surface area contributed by atoms with Gasteiger partial charge in [-0.1, -0.05) is 34.1 Å². The lowest BCUT2D eigenvalue weighted by Crippen LogP contribution is -2.62. The first-order valence-corrected chi connectivity index (χ1v) is 15.9. The van der Waals surface area contributed by atoms with Crippen molar-refractivity contribution in [3.8, 4) is 5.88 Å². The third kappa shape index (κ3) is 5.51. The molecule has 1 amide bonds. The summed E-state index contributed by atoms with van der Waals surface area (Å²) in [5, 5.41) is 33.5. The lowest BCUT2D eigenvalue weighted by molar-refractivity contribution is -0.203. The van der Waals surface area contributed by atoms with Gasteiger partial charge >= 0.3 is 5.97 Å². The zero-order valence-corrected chi connectivity index (χ0v) is 25.2. The number of carboxylic acids is 1. The van der Waals surface area contributed by atoms with E-state index in [1.54, 1.807) is 12.1 Å². The molecule has 0 bridgehead atoms. The molecule has 4 N–H and O–H groups in total. The Morgan fingerprint density at radius 3 is 2.49 bits per heavy atom. The minimum Gasteiger partial charge on any atom is -0.480 e. The maximum atomic E-state index is 12.0. The number of ether oxygens (including phenoxy) is 1. The van der Waals surface area contributed by atoms with Crippen LogP contribution in [-0.4, -0.2) is 57.5 Å². The molecule has 8 nitrogen and oxygen atoms in total. The number of amides is 1. The van der Waals surface area contributed by atoms with Gasteiger partial charge in [0.25, 0.3) is 5.91 Å². The number of carbonyl (C=O) groups excluding carboxylic acids is 1. The first kappa shape index (κ1) is 30.3. The Bertz CT molecular complexity index is 1100. The van der Waals surface area contributed by atoms with Crippen molar-refractivity contribution in [1.82, 2.24) is 10.3 Å². The number of pyridine rings is 1. The summed E-state index contributed by atoms with van der Waals surface area (Å²) in [4.78, 5) is 26.9. The number of aliphatic hydroxyl groups excluding tert-OH is 2. The number of hydrogen-bond acceptors (Lipinski definition) is 6. The average molecular weight is 571 g/mol. The molecule has 41 heavy (non-hydrogen) atoms. The van der Waals surface area contributed by atoms with E-state index in [-0.39, 0.29) is 29.0 Å². The number of aromatic nitrogens is 1. The molecule has 1 aromatic heterocycles. The Kier molecular flexibility index (Phi) is 8.73. The van der Waals surface area contributed by atoms with E-state index in [4.69, 9.17) is 9.84 Å². The molecule has 4 saturated carbocycles. The summed E-state index contributed by atoms with van der Waals surface area (Å²) in [6, 6.07) is 3.25. The Hall–Kier alpha value is -2.19. The Morgan fingerprint density at radius 2 is 1.80 bits per heavy atom. The van der Waals surface area contributed by atoms with Crippen LogP contribution in [0.3, 0.4) is 0 Å². The highest BCUT2D eigenvalue weighted by Crippen LogP contribution is 2.69. The zero-order chi connectivity index (χ0) is 29.5. The molecule has 5 rings (SSSR count). The highest BCUT2D eigenvalue weighted by atomic mass is 16.5. The molecule has 4 fully saturated rings. The van der Waals surface area contributed by atoms with Crippen molar-refractivity contribution in [1.29, 1.82) is 0 Å². The fourth-order valence-electron chi connectivity index (χ4n) is 10.3. The van der Waals surface area contributed by atoms with Crippen molar-refractivity contribution >= 4 is 11.9 Å². The highest BCUT2D eigenvalue weighted by Gasteiger charge is 2.64. The molecule has 1 aromatic rings. The Morgan fingerprint density at radius 1 is 1.07 bits per heavy atom. The van der Waals surface area contributed by atoms with Crippen LogP contribution in [-0.2, 0) is 4.79 Å². The molecular weight excluding hydrogens is 520 g/mol. The number of nitrogens with one attached hydrogen (secondary N) is 1. The summed E-state index contributed by atoms with van der Waals surface area (Å²) in [6.45, 7) is 9.69. The summed E-state index contributed by atoms with van der Waals surface area (Å²) in [7, 11) is 0. The average Bonchev–Trinajstić information content (AvgIpc) is 3.30. The number of nitrogens with zero attached hydrogens (tertiary/aromatic N) is 1. The molecule has 0 spiro atoms. The van der Waals surface area contributed by atoms with Gasteiger partial charge in [0.15, 0.2) is 0 Å². The second-order valence-corrected chi connectivity index (χ2v) is 14.2. The third-order valence-electron chi connectivity index (χ3n) is 12.4. The van der Waals surface area contributed by atoms with E-state index in [0.717, 1.165) is 32.1 Å². The number of aliphatic carboxylic acids is 1. The maximum absolute atomic E-state index is 12.0. The van der Waals surface area contributed by atoms with E-state index >= 15 is 0 Å². The van der Waals surface area contributed by atoms with Gasteiger partial charge in [-0.25, -0.2) is 4.98 Å². The van der Waals surface area contributed by atoms with Gasteiger partial charge in [0.1, 0.15) is 6.54 Å². The van der Waals surface area contributed by atoms with Gasteiger partial charge in [0.05, 0.1) is 24.4 Å². The van der Waals surface area contributed by atoms with Crippen LogP contribution < -0.4 is 10.1 Å². The van der Waals surface area contributed by atoms with E-state index < -0.39 is 18.4 Å². The fourth-order valence-corrected chi connectivity index (χ4v) is 10.3. The van der Waals surface area contributed by atoms with Gasteiger partial charge in [-0.05, 0) is 110 Å². The topological polar surface area (TPSA) is 129 Å². The van der Waals surface area contributed by atoms with Crippen molar-refractivity contribution < 1.29 is 29.6 Å². The molecule has 0 aliphatic heterocycles. The fraction of sp³-hybridized carbons (Fsp3) is 0.788. The maximum Gasteiger partial charge on any atom is 0.322 e. The van der Waals surface area contributed by atoms with E-state index in [1.165, 1.54) is 31.9 Å². The lowest BCUT2D eigenvalue weighted by atomic mass is 9.41. The van der Waals surface area contributed by atoms with Crippen molar-refractivity contribution in [3.63, 3.8) is 0 Å². The van der Waals surface area contributed by atoms with E-state index in [0.29, 0.717) is 53.6 Å². The first-order chi connectivity index (χ1) is 19.5. The van der Waals surface area contributed by atoms with Gasteiger partial charge in [0.2, 0.25) is 5.88 Å². The summed E-state index contributed by atoms with van der Waals surface area (Å²) < 4.78 is 5.95. The van der Waals surface area contributed by atoms with E-state index in [9.17, 15) is 19.8 Å². The zero-order valence-electron chi connectivity index (χ0n) is 25.2. The summed E-state index contributed by atoms with van der Waals surface area (Å²) in [5.41, 5.74) is 0.745. The summed E-state index contributed by atoms with van der Waals surface area (Å²) >= 11 is 0. The predicted octanol–water partition coefficient (Wildman–Crippen LogP) is 4.93.